The second kappa shape index (κ2) is 7.14. The second-order valence-electron chi connectivity index (χ2n) is 6.25. The van der Waals surface area contributed by atoms with Gasteiger partial charge in [-0.05, 0) is 40.6 Å². The summed E-state index contributed by atoms with van der Waals surface area (Å²) in [5, 5.41) is 15.6. The van der Waals surface area contributed by atoms with Crippen LogP contribution in [0.5, 0.6) is 17.2 Å². The van der Waals surface area contributed by atoms with Crippen molar-refractivity contribution >= 4 is 5.95 Å². The zero-order valence-electron chi connectivity index (χ0n) is 15.4. The molecule has 1 aromatic heterocycles. The Morgan fingerprint density at radius 3 is 2.52 bits per heavy atom. The summed E-state index contributed by atoms with van der Waals surface area (Å²) in [5.41, 5.74) is 2.11. The quantitative estimate of drug-likeness (QED) is 0.742. The van der Waals surface area contributed by atoms with Crippen molar-refractivity contribution in [1.82, 2.24) is 20.2 Å². The van der Waals surface area contributed by atoms with E-state index in [1.54, 1.807) is 26.0 Å². The van der Waals surface area contributed by atoms with Crippen LogP contribution in [0.4, 0.5) is 5.95 Å². The lowest BCUT2D eigenvalue weighted by atomic mass is 9.92. The number of nitrogens with zero attached hydrogens (tertiary/aromatic N) is 4. The van der Waals surface area contributed by atoms with E-state index < -0.39 is 0 Å². The van der Waals surface area contributed by atoms with Crippen molar-refractivity contribution in [2.45, 2.75) is 18.5 Å². The summed E-state index contributed by atoms with van der Waals surface area (Å²) in [6.45, 7) is 0. The van der Waals surface area contributed by atoms with Gasteiger partial charge in [0.25, 0.3) is 0 Å². The van der Waals surface area contributed by atoms with Gasteiger partial charge in [-0.2, -0.15) is 0 Å². The number of fused-ring (bicyclic) bond motifs is 1. The molecule has 3 aromatic rings. The molecule has 0 saturated carbocycles. The zero-order chi connectivity index (χ0) is 18.8. The van der Waals surface area contributed by atoms with Gasteiger partial charge in [0.15, 0.2) is 11.5 Å². The van der Waals surface area contributed by atoms with Gasteiger partial charge >= 0.3 is 0 Å². The lowest BCUT2D eigenvalue weighted by Gasteiger charge is -2.32. The Balaban J connectivity index is 1.75. The highest BCUT2D eigenvalue weighted by Crippen LogP contribution is 2.43. The number of ether oxygens (including phenoxy) is 3. The molecule has 0 bridgehead atoms. The molecule has 0 fully saturated rings. The van der Waals surface area contributed by atoms with Gasteiger partial charge in [-0.1, -0.05) is 29.4 Å². The largest absolute Gasteiger partial charge is 0.497 e. The molecular weight excluding hydrogens is 346 g/mol. The van der Waals surface area contributed by atoms with E-state index in [0.29, 0.717) is 17.4 Å². The maximum atomic E-state index is 5.64. The van der Waals surface area contributed by atoms with E-state index in [4.69, 9.17) is 14.2 Å². The molecule has 1 aliphatic heterocycles. The Kier molecular flexibility index (Phi) is 4.53. The Hall–Kier alpha value is -3.29. The van der Waals surface area contributed by atoms with E-state index in [2.05, 4.69) is 33.0 Å². The van der Waals surface area contributed by atoms with Gasteiger partial charge in [-0.15, -0.1) is 0 Å². The summed E-state index contributed by atoms with van der Waals surface area (Å²) < 4.78 is 18.1. The fourth-order valence-corrected chi connectivity index (χ4v) is 3.53. The molecular formula is C19H21N5O3. The monoisotopic (exact) mass is 367 g/mol. The van der Waals surface area contributed by atoms with Crippen LogP contribution in [0.1, 0.15) is 29.6 Å². The normalized spacial score (nSPS) is 18.3. The zero-order valence-corrected chi connectivity index (χ0v) is 15.4. The van der Waals surface area contributed by atoms with Gasteiger partial charge in [-0.25, -0.2) is 4.68 Å². The minimum absolute atomic E-state index is 0.0512. The van der Waals surface area contributed by atoms with E-state index >= 15 is 0 Å². The Morgan fingerprint density at radius 1 is 1.00 bits per heavy atom. The average Bonchev–Trinajstić information content (AvgIpc) is 3.21. The van der Waals surface area contributed by atoms with Crippen molar-refractivity contribution in [3.05, 3.63) is 53.6 Å². The van der Waals surface area contributed by atoms with Crippen molar-refractivity contribution in [3.8, 4) is 17.2 Å². The summed E-state index contributed by atoms with van der Waals surface area (Å²) in [7, 11) is 4.93. The third kappa shape index (κ3) is 3.03. The summed E-state index contributed by atoms with van der Waals surface area (Å²) in [5.74, 6) is 2.83. The minimum atomic E-state index is -0.0894. The molecule has 1 N–H and O–H groups in total. The molecule has 2 heterocycles. The number of tetrazole rings is 1. The van der Waals surface area contributed by atoms with Crippen LogP contribution in [0.25, 0.3) is 0 Å². The SMILES string of the molecule is COc1ccc([C@H]2C[C@@H](c3cccc(OC)c3OC)n3nnnc3N2)cc1. The molecule has 2 atom stereocenters. The molecule has 0 unspecified atom stereocenters. The highest BCUT2D eigenvalue weighted by Gasteiger charge is 2.33. The molecule has 8 nitrogen and oxygen atoms in total. The van der Waals surface area contributed by atoms with Crippen molar-refractivity contribution in [3.63, 3.8) is 0 Å². The first-order chi connectivity index (χ1) is 13.2. The summed E-state index contributed by atoms with van der Waals surface area (Å²) in [4.78, 5) is 0. The van der Waals surface area contributed by atoms with Crippen molar-refractivity contribution in [2.24, 2.45) is 0 Å². The van der Waals surface area contributed by atoms with E-state index in [0.717, 1.165) is 23.3 Å². The van der Waals surface area contributed by atoms with Gasteiger partial charge in [0.1, 0.15) is 5.75 Å². The molecule has 140 valence electrons. The molecule has 27 heavy (non-hydrogen) atoms. The van der Waals surface area contributed by atoms with Crippen LogP contribution in [0, 0.1) is 0 Å². The van der Waals surface area contributed by atoms with Gasteiger partial charge < -0.3 is 19.5 Å². The van der Waals surface area contributed by atoms with E-state index in [9.17, 15) is 0 Å². The number of nitrogens with one attached hydrogen (secondary N) is 1. The molecule has 0 saturated heterocycles. The van der Waals surface area contributed by atoms with Gasteiger partial charge in [0.05, 0.1) is 33.4 Å². The predicted octanol–water partition coefficient (Wildman–Crippen LogP) is 2.85. The van der Waals surface area contributed by atoms with Crippen molar-refractivity contribution in [2.75, 3.05) is 26.6 Å². The fraction of sp³-hybridized carbons (Fsp3) is 0.316. The molecule has 4 rings (SSSR count). The average molecular weight is 367 g/mol. The molecule has 0 aliphatic carbocycles. The molecule has 8 heteroatoms. The Bertz CT molecular complexity index is 925. The van der Waals surface area contributed by atoms with E-state index in [1.807, 2.05) is 30.3 Å². The third-order valence-electron chi connectivity index (χ3n) is 4.86. The number of benzene rings is 2. The molecule has 2 aromatic carbocycles. The van der Waals surface area contributed by atoms with Gasteiger partial charge in [0.2, 0.25) is 5.95 Å². The van der Waals surface area contributed by atoms with E-state index in [1.165, 1.54) is 0 Å². The highest BCUT2D eigenvalue weighted by molar-refractivity contribution is 5.50. The third-order valence-corrected chi connectivity index (χ3v) is 4.86. The molecule has 0 amide bonds. The smallest absolute Gasteiger partial charge is 0.243 e. The maximum absolute atomic E-state index is 5.64. The Morgan fingerprint density at radius 2 is 1.81 bits per heavy atom. The number of methoxy groups -OCH3 is 3. The number of rotatable bonds is 5. The lowest BCUT2D eigenvalue weighted by molar-refractivity contribution is 0.339. The van der Waals surface area contributed by atoms with Crippen LogP contribution in [0.15, 0.2) is 42.5 Å². The minimum Gasteiger partial charge on any atom is -0.497 e. The number of aromatic nitrogens is 4. The van der Waals surface area contributed by atoms with Crippen LogP contribution in [-0.2, 0) is 0 Å². The number of hydrogen-bond acceptors (Lipinski definition) is 7. The topological polar surface area (TPSA) is 83.3 Å². The van der Waals surface area contributed by atoms with Gasteiger partial charge in [0, 0.05) is 5.56 Å². The first kappa shape index (κ1) is 17.1. The van der Waals surface area contributed by atoms with Crippen LogP contribution in [0.3, 0.4) is 0 Å². The fourth-order valence-electron chi connectivity index (χ4n) is 3.53. The number of anilines is 1. The second-order valence-corrected chi connectivity index (χ2v) is 6.25. The Labute approximate surface area is 157 Å². The van der Waals surface area contributed by atoms with Crippen LogP contribution >= 0.6 is 0 Å². The van der Waals surface area contributed by atoms with E-state index in [-0.39, 0.29) is 12.1 Å². The molecule has 1 aliphatic rings. The summed E-state index contributed by atoms with van der Waals surface area (Å²) in [6.07, 6.45) is 0.758. The first-order valence-corrected chi connectivity index (χ1v) is 8.64. The first-order valence-electron chi connectivity index (χ1n) is 8.64. The summed E-state index contributed by atoms with van der Waals surface area (Å²) >= 11 is 0. The number of para-hydroxylation sites is 1. The lowest BCUT2D eigenvalue weighted by Crippen LogP contribution is -2.28. The van der Waals surface area contributed by atoms with Crippen molar-refractivity contribution in [1.29, 1.82) is 0 Å². The van der Waals surface area contributed by atoms with Gasteiger partial charge in [-0.3, -0.25) is 0 Å². The summed E-state index contributed by atoms with van der Waals surface area (Å²) in [6, 6.07) is 13.8. The van der Waals surface area contributed by atoms with Crippen LogP contribution in [0.2, 0.25) is 0 Å². The number of hydrogen-bond donors (Lipinski definition) is 1. The van der Waals surface area contributed by atoms with Crippen LogP contribution in [-0.4, -0.2) is 41.5 Å². The van der Waals surface area contributed by atoms with Crippen molar-refractivity contribution < 1.29 is 14.2 Å². The standard InChI is InChI=1S/C19H21N5O3/c1-25-13-9-7-12(8-10-13)15-11-16(24-19(20-15)21-22-23-24)14-5-4-6-17(26-2)18(14)27-3/h4-10,15-16H,11H2,1-3H3,(H,20,21,23)/t15-,16+/m1/s1. The predicted molar refractivity (Wildman–Crippen MR) is 99.5 cm³/mol. The molecule has 0 radical (unpaired) electrons. The highest BCUT2D eigenvalue weighted by atomic mass is 16.5. The van der Waals surface area contributed by atoms with Crippen LogP contribution < -0.4 is 19.5 Å². The maximum Gasteiger partial charge on any atom is 0.243 e. The molecule has 0 spiro atoms.